The van der Waals surface area contributed by atoms with Gasteiger partial charge in [0.25, 0.3) is 0 Å². The van der Waals surface area contributed by atoms with Gasteiger partial charge in [-0.3, -0.25) is 0 Å². The quantitative estimate of drug-likeness (QED) is 0.682. The Bertz CT molecular complexity index is 572. The first-order chi connectivity index (χ1) is 7.79. The van der Waals surface area contributed by atoms with Crippen molar-refractivity contribution in [2.75, 3.05) is 7.11 Å². The van der Waals surface area contributed by atoms with Crippen LogP contribution < -0.4 is 0 Å². The van der Waals surface area contributed by atoms with Gasteiger partial charge in [0.05, 0.1) is 23.7 Å². The molecule has 82 valence electrons. The van der Waals surface area contributed by atoms with Crippen molar-refractivity contribution >= 4 is 17.0 Å². The molecule has 4 heteroatoms. The molecule has 0 spiro atoms. The number of hydrogen-bond acceptors (Lipinski definition) is 3. The van der Waals surface area contributed by atoms with Gasteiger partial charge in [0.2, 0.25) is 0 Å². The van der Waals surface area contributed by atoms with Gasteiger partial charge < -0.3 is 9.30 Å². The molecule has 0 saturated carbocycles. The standard InChI is InChI=1S/C12H12N2O2/c1-16-12(15)8-4-5-9-10(7-8)14-6-2-3-11(14)13-9/h4-5,7H,2-3,6H2,1H3. The van der Waals surface area contributed by atoms with Gasteiger partial charge in [0, 0.05) is 13.0 Å². The third-order valence-corrected chi connectivity index (χ3v) is 3.03. The summed E-state index contributed by atoms with van der Waals surface area (Å²) in [6.45, 7) is 0.996. The predicted molar refractivity (Wildman–Crippen MR) is 59.4 cm³/mol. The van der Waals surface area contributed by atoms with E-state index in [9.17, 15) is 4.79 Å². The lowest BCUT2D eigenvalue weighted by molar-refractivity contribution is 0.0601. The highest BCUT2D eigenvalue weighted by Crippen LogP contribution is 2.23. The van der Waals surface area contributed by atoms with Crippen molar-refractivity contribution in [1.29, 1.82) is 0 Å². The van der Waals surface area contributed by atoms with E-state index in [1.54, 1.807) is 6.07 Å². The third-order valence-electron chi connectivity index (χ3n) is 3.03. The predicted octanol–water partition coefficient (Wildman–Crippen LogP) is 1.77. The van der Waals surface area contributed by atoms with E-state index in [4.69, 9.17) is 4.74 Å². The maximum absolute atomic E-state index is 11.4. The Hall–Kier alpha value is -1.84. The minimum atomic E-state index is -0.296. The van der Waals surface area contributed by atoms with Crippen LogP contribution in [0.5, 0.6) is 0 Å². The van der Waals surface area contributed by atoms with Crippen LogP contribution in [0.3, 0.4) is 0 Å². The Balaban J connectivity index is 2.20. The number of ether oxygens (including phenoxy) is 1. The van der Waals surface area contributed by atoms with E-state index < -0.39 is 0 Å². The zero-order chi connectivity index (χ0) is 11.1. The largest absolute Gasteiger partial charge is 0.465 e. The van der Waals surface area contributed by atoms with Crippen LogP contribution in [0.4, 0.5) is 0 Å². The summed E-state index contributed by atoms with van der Waals surface area (Å²) >= 11 is 0. The smallest absolute Gasteiger partial charge is 0.337 e. The van der Waals surface area contributed by atoms with Crippen molar-refractivity contribution in [3.05, 3.63) is 29.6 Å². The molecule has 0 N–H and O–H groups in total. The molecule has 0 aliphatic carbocycles. The van der Waals surface area contributed by atoms with Crippen LogP contribution in [0.2, 0.25) is 0 Å². The summed E-state index contributed by atoms with van der Waals surface area (Å²) in [7, 11) is 1.40. The number of imidazole rings is 1. The van der Waals surface area contributed by atoms with Gasteiger partial charge in [0.1, 0.15) is 5.82 Å². The molecule has 0 fully saturated rings. The number of aromatic nitrogens is 2. The average molecular weight is 216 g/mol. The fourth-order valence-electron chi connectivity index (χ4n) is 2.25. The zero-order valence-electron chi connectivity index (χ0n) is 9.06. The first-order valence-electron chi connectivity index (χ1n) is 5.37. The van der Waals surface area contributed by atoms with E-state index in [1.807, 2.05) is 12.1 Å². The van der Waals surface area contributed by atoms with Gasteiger partial charge >= 0.3 is 5.97 Å². The van der Waals surface area contributed by atoms with Gasteiger partial charge in [-0.25, -0.2) is 9.78 Å². The number of hydrogen-bond donors (Lipinski definition) is 0. The molecule has 1 aromatic carbocycles. The van der Waals surface area contributed by atoms with Crippen molar-refractivity contribution in [3.63, 3.8) is 0 Å². The average Bonchev–Trinajstić information content (AvgIpc) is 2.87. The summed E-state index contributed by atoms with van der Waals surface area (Å²) in [4.78, 5) is 16.0. The molecule has 0 bridgehead atoms. The highest BCUT2D eigenvalue weighted by atomic mass is 16.5. The number of esters is 1. The van der Waals surface area contributed by atoms with Crippen molar-refractivity contribution in [3.8, 4) is 0 Å². The van der Waals surface area contributed by atoms with Crippen LogP contribution in [-0.4, -0.2) is 22.6 Å². The number of fused-ring (bicyclic) bond motifs is 3. The number of benzene rings is 1. The lowest BCUT2D eigenvalue weighted by Gasteiger charge is -2.01. The summed E-state index contributed by atoms with van der Waals surface area (Å²) in [5.41, 5.74) is 2.59. The second-order valence-electron chi connectivity index (χ2n) is 3.98. The van der Waals surface area contributed by atoms with Gasteiger partial charge in [-0.1, -0.05) is 0 Å². The summed E-state index contributed by atoms with van der Waals surface area (Å²) in [6.07, 6.45) is 2.17. The Labute approximate surface area is 92.8 Å². The van der Waals surface area contributed by atoms with E-state index in [0.29, 0.717) is 5.56 Å². The molecular formula is C12H12N2O2. The molecule has 16 heavy (non-hydrogen) atoms. The summed E-state index contributed by atoms with van der Waals surface area (Å²) in [6, 6.07) is 5.51. The number of carbonyl (C=O) groups excluding carboxylic acids is 1. The van der Waals surface area contributed by atoms with Crippen LogP contribution in [0, 0.1) is 0 Å². The second kappa shape index (κ2) is 3.33. The second-order valence-corrected chi connectivity index (χ2v) is 3.98. The molecular weight excluding hydrogens is 204 g/mol. The van der Waals surface area contributed by atoms with E-state index in [1.165, 1.54) is 7.11 Å². The van der Waals surface area contributed by atoms with E-state index in [-0.39, 0.29) is 5.97 Å². The lowest BCUT2D eigenvalue weighted by atomic mass is 10.2. The van der Waals surface area contributed by atoms with E-state index in [2.05, 4.69) is 9.55 Å². The zero-order valence-corrected chi connectivity index (χ0v) is 9.06. The minimum Gasteiger partial charge on any atom is -0.465 e. The molecule has 1 aromatic heterocycles. The lowest BCUT2D eigenvalue weighted by Crippen LogP contribution is -2.01. The summed E-state index contributed by atoms with van der Waals surface area (Å²) in [5.74, 6) is 0.826. The molecule has 2 aromatic rings. The normalized spacial score (nSPS) is 14.1. The molecule has 0 amide bonds. The van der Waals surface area contributed by atoms with Gasteiger partial charge in [-0.2, -0.15) is 0 Å². The molecule has 3 rings (SSSR count). The first-order valence-corrected chi connectivity index (χ1v) is 5.37. The van der Waals surface area contributed by atoms with Gasteiger partial charge in [0.15, 0.2) is 0 Å². The monoisotopic (exact) mass is 216 g/mol. The van der Waals surface area contributed by atoms with Crippen LogP contribution in [0.15, 0.2) is 18.2 Å². The molecule has 4 nitrogen and oxygen atoms in total. The maximum Gasteiger partial charge on any atom is 0.337 e. The Morgan fingerprint density at radius 2 is 2.38 bits per heavy atom. The molecule has 0 radical (unpaired) electrons. The maximum atomic E-state index is 11.4. The highest BCUT2D eigenvalue weighted by Gasteiger charge is 2.17. The highest BCUT2D eigenvalue weighted by molar-refractivity contribution is 5.93. The molecule has 2 heterocycles. The molecule has 0 unspecified atom stereocenters. The Kier molecular flexibility index (Phi) is 1.96. The molecule has 1 aliphatic heterocycles. The van der Waals surface area contributed by atoms with Gasteiger partial charge in [-0.05, 0) is 24.6 Å². The van der Waals surface area contributed by atoms with Gasteiger partial charge in [-0.15, -0.1) is 0 Å². The van der Waals surface area contributed by atoms with E-state index in [0.717, 1.165) is 36.2 Å². The number of rotatable bonds is 1. The fraction of sp³-hybridized carbons (Fsp3) is 0.333. The van der Waals surface area contributed by atoms with Crippen molar-refractivity contribution < 1.29 is 9.53 Å². The Morgan fingerprint density at radius 3 is 3.19 bits per heavy atom. The van der Waals surface area contributed by atoms with Crippen LogP contribution in [-0.2, 0) is 17.7 Å². The number of aryl methyl sites for hydroxylation is 2. The van der Waals surface area contributed by atoms with Crippen molar-refractivity contribution in [2.24, 2.45) is 0 Å². The number of methoxy groups -OCH3 is 1. The summed E-state index contributed by atoms with van der Waals surface area (Å²) in [5, 5.41) is 0. The first kappa shape index (κ1) is 9.39. The molecule has 0 saturated heterocycles. The van der Waals surface area contributed by atoms with Crippen molar-refractivity contribution in [2.45, 2.75) is 19.4 Å². The number of carbonyl (C=O) groups is 1. The molecule has 0 atom stereocenters. The molecule has 1 aliphatic rings. The Morgan fingerprint density at radius 1 is 1.50 bits per heavy atom. The minimum absolute atomic E-state index is 0.296. The summed E-state index contributed by atoms with van der Waals surface area (Å²) < 4.78 is 6.89. The topological polar surface area (TPSA) is 44.1 Å². The third kappa shape index (κ3) is 1.23. The number of nitrogens with zero attached hydrogens (tertiary/aromatic N) is 2. The van der Waals surface area contributed by atoms with Crippen LogP contribution >= 0.6 is 0 Å². The SMILES string of the molecule is COC(=O)c1ccc2nc3n(c2c1)CCC3. The van der Waals surface area contributed by atoms with E-state index >= 15 is 0 Å². The van der Waals surface area contributed by atoms with Crippen LogP contribution in [0.25, 0.3) is 11.0 Å². The van der Waals surface area contributed by atoms with Crippen LogP contribution in [0.1, 0.15) is 22.6 Å². The fourth-order valence-corrected chi connectivity index (χ4v) is 2.25. The van der Waals surface area contributed by atoms with Crippen molar-refractivity contribution in [1.82, 2.24) is 9.55 Å².